The Balaban J connectivity index is 1.92. The fraction of sp³-hybridized carbons (Fsp3) is 1.00. The molecule has 0 saturated heterocycles. The summed E-state index contributed by atoms with van der Waals surface area (Å²) in [4.78, 5) is 5.23. The van der Waals surface area contributed by atoms with Gasteiger partial charge in [-0.25, -0.2) is 4.89 Å². The first-order chi connectivity index (χ1) is 10.8. The van der Waals surface area contributed by atoms with Crippen LogP contribution in [0.25, 0.3) is 0 Å². The molecule has 0 aromatic heterocycles. The van der Waals surface area contributed by atoms with Crippen molar-refractivity contribution in [1.82, 2.24) is 0 Å². The zero-order chi connectivity index (χ0) is 16.9. The highest BCUT2D eigenvalue weighted by molar-refractivity contribution is 5.10. The van der Waals surface area contributed by atoms with E-state index in [1.54, 1.807) is 7.11 Å². The number of rotatable bonds is 7. The first-order valence-electron chi connectivity index (χ1n) is 9.59. The molecule has 0 amide bonds. The van der Waals surface area contributed by atoms with Gasteiger partial charge in [0, 0.05) is 17.9 Å². The van der Waals surface area contributed by atoms with Crippen LogP contribution in [0.3, 0.4) is 0 Å². The first kappa shape index (κ1) is 17.7. The Morgan fingerprint density at radius 2 is 1.52 bits per heavy atom. The van der Waals surface area contributed by atoms with Crippen LogP contribution < -0.4 is 0 Å². The van der Waals surface area contributed by atoms with E-state index in [9.17, 15) is 5.26 Å². The molecule has 1 N–H and O–H groups in total. The first-order valence-corrected chi connectivity index (χ1v) is 9.59. The van der Waals surface area contributed by atoms with E-state index in [0.717, 1.165) is 24.2 Å². The molecule has 4 rings (SSSR count). The van der Waals surface area contributed by atoms with Gasteiger partial charge in [0.05, 0.1) is 6.61 Å². The number of methoxy groups -OCH3 is 1. The molecule has 23 heavy (non-hydrogen) atoms. The number of ether oxygens (including phenoxy) is 1. The SMILES string of the molecule is CCC(C)(COC)C(OO)C(C)(C)C12CC3CC(CC(C3)C1)C2. The van der Waals surface area contributed by atoms with Gasteiger partial charge in [0.2, 0.25) is 0 Å². The minimum absolute atomic E-state index is 0.0406. The Labute approximate surface area is 142 Å². The second-order valence-corrected chi connectivity index (χ2v) is 9.85. The maximum absolute atomic E-state index is 9.90. The zero-order valence-corrected chi connectivity index (χ0v) is 15.7. The van der Waals surface area contributed by atoms with Crippen molar-refractivity contribution < 1.29 is 14.9 Å². The van der Waals surface area contributed by atoms with E-state index in [-0.39, 0.29) is 16.9 Å². The molecule has 4 bridgehead atoms. The smallest absolute Gasteiger partial charge is 0.106 e. The van der Waals surface area contributed by atoms with E-state index in [1.807, 2.05) is 0 Å². The summed E-state index contributed by atoms with van der Waals surface area (Å²) in [5, 5.41) is 9.90. The molecule has 2 unspecified atom stereocenters. The van der Waals surface area contributed by atoms with Crippen molar-refractivity contribution in [3.63, 3.8) is 0 Å². The van der Waals surface area contributed by atoms with Crippen molar-refractivity contribution in [1.29, 1.82) is 0 Å². The van der Waals surface area contributed by atoms with Crippen LogP contribution in [-0.2, 0) is 9.62 Å². The van der Waals surface area contributed by atoms with Gasteiger partial charge in [0.25, 0.3) is 0 Å². The van der Waals surface area contributed by atoms with E-state index in [1.165, 1.54) is 38.5 Å². The van der Waals surface area contributed by atoms with E-state index >= 15 is 0 Å². The minimum Gasteiger partial charge on any atom is -0.384 e. The van der Waals surface area contributed by atoms with Crippen molar-refractivity contribution in [2.45, 2.75) is 78.7 Å². The Kier molecular flexibility index (Phi) is 4.61. The van der Waals surface area contributed by atoms with Crippen molar-refractivity contribution in [3.05, 3.63) is 0 Å². The number of hydrogen-bond acceptors (Lipinski definition) is 3. The zero-order valence-electron chi connectivity index (χ0n) is 15.7. The van der Waals surface area contributed by atoms with E-state index in [0.29, 0.717) is 12.0 Å². The lowest BCUT2D eigenvalue weighted by molar-refractivity contribution is -0.350. The van der Waals surface area contributed by atoms with Gasteiger partial charge in [0.1, 0.15) is 6.10 Å². The average molecular weight is 325 g/mol. The topological polar surface area (TPSA) is 38.7 Å². The van der Waals surface area contributed by atoms with Crippen LogP contribution in [0.5, 0.6) is 0 Å². The van der Waals surface area contributed by atoms with Gasteiger partial charge in [-0.1, -0.05) is 27.7 Å². The summed E-state index contributed by atoms with van der Waals surface area (Å²) >= 11 is 0. The van der Waals surface area contributed by atoms with Gasteiger partial charge in [-0.3, -0.25) is 5.26 Å². The molecule has 4 aliphatic rings. The van der Waals surface area contributed by atoms with E-state index < -0.39 is 0 Å². The predicted molar refractivity (Wildman–Crippen MR) is 92.2 cm³/mol. The van der Waals surface area contributed by atoms with Crippen molar-refractivity contribution in [2.75, 3.05) is 13.7 Å². The Hall–Kier alpha value is -0.120. The molecule has 0 aliphatic heterocycles. The molecule has 4 aliphatic carbocycles. The van der Waals surface area contributed by atoms with E-state index in [2.05, 4.69) is 27.7 Å². The average Bonchev–Trinajstić information content (AvgIpc) is 2.46. The summed E-state index contributed by atoms with van der Waals surface area (Å²) in [6, 6.07) is 0. The van der Waals surface area contributed by atoms with Gasteiger partial charge < -0.3 is 4.74 Å². The van der Waals surface area contributed by atoms with Crippen molar-refractivity contribution >= 4 is 0 Å². The lowest BCUT2D eigenvalue weighted by Gasteiger charge is -2.64. The quantitative estimate of drug-likeness (QED) is 0.520. The van der Waals surface area contributed by atoms with Crippen LogP contribution >= 0.6 is 0 Å². The Bertz CT molecular complexity index is 395. The van der Waals surface area contributed by atoms with Crippen LogP contribution in [0.15, 0.2) is 0 Å². The molecule has 3 heteroatoms. The van der Waals surface area contributed by atoms with Gasteiger partial charge in [0.15, 0.2) is 0 Å². The summed E-state index contributed by atoms with van der Waals surface area (Å²) in [6.07, 6.45) is 9.10. The molecular weight excluding hydrogens is 288 g/mol. The van der Waals surface area contributed by atoms with Gasteiger partial charge in [-0.05, 0) is 68.1 Å². The molecule has 4 fully saturated rings. The molecule has 0 heterocycles. The Morgan fingerprint density at radius 3 is 1.87 bits per heavy atom. The fourth-order valence-corrected chi connectivity index (χ4v) is 7.00. The summed E-state index contributed by atoms with van der Waals surface area (Å²) in [7, 11) is 1.75. The molecule has 0 radical (unpaired) electrons. The third kappa shape index (κ3) is 2.67. The molecule has 0 aromatic carbocycles. The van der Waals surface area contributed by atoms with Crippen LogP contribution in [0, 0.1) is 34.0 Å². The van der Waals surface area contributed by atoms with Crippen LogP contribution in [0.4, 0.5) is 0 Å². The van der Waals surface area contributed by atoms with E-state index in [4.69, 9.17) is 9.62 Å². The summed E-state index contributed by atoms with van der Waals surface area (Å²) in [5.74, 6) is 2.74. The molecular formula is C20H36O3. The second kappa shape index (κ2) is 6.00. The van der Waals surface area contributed by atoms with Crippen LogP contribution in [0.1, 0.15) is 72.6 Å². The highest BCUT2D eigenvalue weighted by Crippen LogP contribution is 2.68. The lowest BCUT2D eigenvalue weighted by Crippen LogP contribution is -2.60. The Morgan fingerprint density at radius 1 is 1.04 bits per heavy atom. The lowest BCUT2D eigenvalue weighted by atomic mass is 9.41. The molecule has 4 saturated carbocycles. The molecule has 2 atom stereocenters. The molecule has 134 valence electrons. The predicted octanol–water partition coefficient (Wildman–Crippen LogP) is 5.15. The summed E-state index contributed by atoms with van der Waals surface area (Å²) < 4.78 is 5.50. The highest BCUT2D eigenvalue weighted by Gasteiger charge is 2.61. The van der Waals surface area contributed by atoms with Crippen LogP contribution in [-0.4, -0.2) is 25.1 Å². The summed E-state index contributed by atoms with van der Waals surface area (Å²) in [6.45, 7) is 9.72. The van der Waals surface area contributed by atoms with Crippen molar-refractivity contribution in [3.8, 4) is 0 Å². The normalized spacial score (nSPS) is 40.2. The van der Waals surface area contributed by atoms with Crippen LogP contribution in [0.2, 0.25) is 0 Å². The van der Waals surface area contributed by atoms with Gasteiger partial charge in [-0.2, -0.15) is 0 Å². The summed E-state index contributed by atoms with van der Waals surface area (Å²) in [5.41, 5.74) is 0.136. The number of hydrogen-bond donors (Lipinski definition) is 1. The third-order valence-electron chi connectivity index (χ3n) is 8.08. The minimum atomic E-state index is -0.184. The standard InChI is InChI=1S/C20H36O3/c1-6-19(4,13-22-5)17(23-21)18(2,3)20-10-14-7-15(11-20)9-16(8-14)12-20/h14-17,21H,6-13H2,1-5H3. The highest BCUT2D eigenvalue weighted by atomic mass is 17.1. The fourth-order valence-electron chi connectivity index (χ4n) is 7.00. The molecule has 0 aromatic rings. The third-order valence-corrected chi connectivity index (χ3v) is 8.08. The largest absolute Gasteiger partial charge is 0.384 e. The molecule has 3 nitrogen and oxygen atoms in total. The maximum Gasteiger partial charge on any atom is 0.106 e. The monoisotopic (exact) mass is 324 g/mol. The van der Waals surface area contributed by atoms with Gasteiger partial charge in [-0.15, -0.1) is 0 Å². The van der Waals surface area contributed by atoms with Crippen molar-refractivity contribution in [2.24, 2.45) is 34.0 Å². The second-order valence-electron chi connectivity index (χ2n) is 9.85. The molecule has 0 spiro atoms. The van der Waals surface area contributed by atoms with Gasteiger partial charge >= 0.3 is 0 Å². The maximum atomic E-state index is 9.90.